The van der Waals surface area contributed by atoms with Crippen molar-refractivity contribution in [3.63, 3.8) is 0 Å². The minimum atomic E-state index is -3.76. The molecule has 1 heterocycles. The van der Waals surface area contributed by atoms with Gasteiger partial charge in [0.1, 0.15) is 0 Å². The highest BCUT2D eigenvalue weighted by Gasteiger charge is 2.15. The van der Waals surface area contributed by atoms with E-state index in [4.69, 9.17) is 9.56 Å². The number of nitrogens with two attached hydrogens (primary N) is 1. The van der Waals surface area contributed by atoms with E-state index in [9.17, 15) is 13.2 Å². The van der Waals surface area contributed by atoms with Crippen molar-refractivity contribution >= 4 is 15.9 Å². The first kappa shape index (κ1) is 14.3. The lowest BCUT2D eigenvalue weighted by molar-refractivity contribution is 0.0912. The average molecular weight is 294 g/mol. The van der Waals surface area contributed by atoms with Gasteiger partial charge < -0.3 is 9.73 Å². The van der Waals surface area contributed by atoms with E-state index < -0.39 is 10.0 Å². The molecule has 20 heavy (non-hydrogen) atoms. The van der Waals surface area contributed by atoms with E-state index in [2.05, 4.69) is 5.32 Å². The Bertz CT molecular complexity index is 708. The monoisotopic (exact) mass is 294 g/mol. The number of hydrogen-bond donors (Lipinski definition) is 2. The summed E-state index contributed by atoms with van der Waals surface area (Å²) in [6, 6.07) is 8.90. The summed E-state index contributed by atoms with van der Waals surface area (Å²) < 4.78 is 27.6. The standard InChI is InChI=1S/C13H14N2O4S/c1-9(15-13(16)12-6-3-7-19-12)10-4-2-5-11(8-10)20(14,17)18/h2-9H,1H3,(H,15,16)(H2,14,17,18). The predicted molar refractivity (Wildman–Crippen MR) is 72.4 cm³/mol. The fourth-order valence-electron chi connectivity index (χ4n) is 1.72. The van der Waals surface area contributed by atoms with Crippen molar-refractivity contribution in [2.24, 2.45) is 5.14 Å². The van der Waals surface area contributed by atoms with Crippen LogP contribution in [0.15, 0.2) is 52.0 Å². The second-order valence-electron chi connectivity index (χ2n) is 4.29. The lowest BCUT2D eigenvalue weighted by Gasteiger charge is -2.14. The molecule has 1 unspecified atom stereocenters. The fraction of sp³-hybridized carbons (Fsp3) is 0.154. The molecule has 0 aliphatic rings. The molecule has 1 aromatic carbocycles. The highest BCUT2D eigenvalue weighted by Crippen LogP contribution is 2.17. The summed E-state index contributed by atoms with van der Waals surface area (Å²) in [7, 11) is -3.76. The second kappa shape index (κ2) is 5.48. The van der Waals surface area contributed by atoms with Gasteiger partial charge in [-0.2, -0.15) is 0 Å². The van der Waals surface area contributed by atoms with Crippen LogP contribution >= 0.6 is 0 Å². The Morgan fingerprint density at radius 1 is 1.30 bits per heavy atom. The van der Waals surface area contributed by atoms with E-state index in [1.54, 1.807) is 31.2 Å². The molecule has 3 N–H and O–H groups in total. The van der Waals surface area contributed by atoms with E-state index in [0.29, 0.717) is 5.56 Å². The van der Waals surface area contributed by atoms with Crippen LogP contribution in [0.1, 0.15) is 29.1 Å². The van der Waals surface area contributed by atoms with Crippen LogP contribution in [-0.4, -0.2) is 14.3 Å². The Hall–Kier alpha value is -2.12. The normalized spacial score (nSPS) is 12.9. The number of benzene rings is 1. The molecule has 0 spiro atoms. The van der Waals surface area contributed by atoms with Gasteiger partial charge in [-0.05, 0) is 36.8 Å². The SMILES string of the molecule is CC(NC(=O)c1ccco1)c1cccc(S(N)(=O)=O)c1. The van der Waals surface area contributed by atoms with E-state index in [1.165, 1.54) is 18.4 Å². The number of carbonyl (C=O) groups excluding carboxylic acids is 1. The Balaban J connectivity index is 2.18. The molecular weight excluding hydrogens is 280 g/mol. The number of primary sulfonamides is 1. The van der Waals surface area contributed by atoms with Crippen LogP contribution in [0.4, 0.5) is 0 Å². The second-order valence-corrected chi connectivity index (χ2v) is 5.85. The van der Waals surface area contributed by atoms with Gasteiger partial charge in [0.05, 0.1) is 17.2 Å². The lowest BCUT2D eigenvalue weighted by atomic mass is 10.1. The summed E-state index contributed by atoms with van der Waals surface area (Å²) in [5.41, 5.74) is 0.636. The molecule has 0 radical (unpaired) electrons. The Morgan fingerprint density at radius 3 is 2.65 bits per heavy atom. The number of rotatable bonds is 4. The van der Waals surface area contributed by atoms with Gasteiger partial charge in [-0.25, -0.2) is 13.6 Å². The number of sulfonamides is 1. The molecule has 1 amide bonds. The molecule has 7 heteroatoms. The first-order valence-corrected chi connectivity index (χ1v) is 7.39. The Labute approximate surface area is 116 Å². The van der Waals surface area contributed by atoms with Crippen molar-refractivity contribution < 1.29 is 17.6 Å². The zero-order chi connectivity index (χ0) is 14.8. The van der Waals surface area contributed by atoms with Crippen LogP contribution < -0.4 is 10.5 Å². The van der Waals surface area contributed by atoms with Crippen LogP contribution in [0.5, 0.6) is 0 Å². The summed E-state index contributed by atoms with van der Waals surface area (Å²) in [5, 5.41) is 7.78. The van der Waals surface area contributed by atoms with Crippen molar-refractivity contribution in [2.75, 3.05) is 0 Å². The van der Waals surface area contributed by atoms with Crippen molar-refractivity contribution in [3.8, 4) is 0 Å². The molecule has 6 nitrogen and oxygen atoms in total. The number of hydrogen-bond acceptors (Lipinski definition) is 4. The van der Waals surface area contributed by atoms with Gasteiger partial charge in [0.2, 0.25) is 10.0 Å². The molecule has 1 atom stereocenters. The number of amides is 1. The number of carbonyl (C=O) groups is 1. The first-order chi connectivity index (χ1) is 9.38. The summed E-state index contributed by atoms with van der Waals surface area (Å²) in [5.74, 6) is -0.178. The Kier molecular flexibility index (Phi) is 3.91. The third-order valence-electron chi connectivity index (χ3n) is 2.78. The van der Waals surface area contributed by atoms with Crippen LogP contribution in [0.25, 0.3) is 0 Å². The van der Waals surface area contributed by atoms with Crippen LogP contribution in [0, 0.1) is 0 Å². The fourth-order valence-corrected chi connectivity index (χ4v) is 2.29. The third kappa shape index (κ3) is 3.25. The lowest BCUT2D eigenvalue weighted by Crippen LogP contribution is -2.26. The largest absolute Gasteiger partial charge is 0.459 e. The molecule has 0 fully saturated rings. The number of nitrogens with one attached hydrogen (secondary N) is 1. The van der Waals surface area contributed by atoms with Gasteiger partial charge in [-0.15, -0.1) is 0 Å². The summed E-state index contributed by atoms with van der Waals surface area (Å²) in [4.78, 5) is 11.8. The Morgan fingerprint density at radius 2 is 2.05 bits per heavy atom. The molecule has 0 aliphatic carbocycles. The summed E-state index contributed by atoms with van der Waals surface area (Å²) in [6.07, 6.45) is 1.40. The van der Waals surface area contributed by atoms with Crippen molar-refractivity contribution in [1.29, 1.82) is 0 Å². The first-order valence-electron chi connectivity index (χ1n) is 5.85. The highest BCUT2D eigenvalue weighted by atomic mass is 32.2. The molecule has 1 aromatic heterocycles. The topological polar surface area (TPSA) is 102 Å². The van der Waals surface area contributed by atoms with Crippen molar-refractivity contribution in [3.05, 3.63) is 54.0 Å². The third-order valence-corrected chi connectivity index (χ3v) is 3.69. The highest BCUT2D eigenvalue weighted by molar-refractivity contribution is 7.89. The maximum absolute atomic E-state index is 11.8. The van der Waals surface area contributed by atoms with Gasteiger partial charge in [0, 0.05) is 0 Å². The van der Waals surface area contributed by atoms with Crippen LogP contribution in [0.3, 0.4) is 0 Å². The zero-order valence-electron chi connectivity index (χ0n) is 10.7. The molecule has 2 rings (SSSR count). The minimum Gasteiger partial charge on any atom is -0.459 e. The minimum absolute atomic E-state index is 0.00842. The van der Waals surface area contributed by atoms with Gasteiger partial charge in [0.15, 0.2) is 5.76 Å². The van der Waals surface area contributed by atoms with Crippen molar-refractivity contribution in [2.45, 2.75) is 17.9 Å². The van der Waals surface area contributed by atoms with Gasteiger partial charge in [-0.3, -0.25) is 4.79 Å². The van der Waals surface area contributed by atoms with Crippen LogP contribution in [-0.2, 0) is 10.0 Å². The summed E-state index contributed by atoms with van der Waals surface area (Å²) in [6.45, 7) is 1.74. The molecule has 0 saturated carbocycles. The summed E-state index contributed by atoms with van der Waals surface area (Å²) >= 11 is 0. The van der Waals surface area contributed by atoms with Gasteiger partial charge in [0.25, 0.3) is 5.91 Å². The average Bonchev–Trinajstić information content (AvgIpc) is 2.91. The van der Waals surface area contributed by atoms with E-state index in [0.717, 1.165) is 0 Å². The smallest absolute Gasteiger partial charge is 0.287 e. The zero-order valence-corrected chi connectivity index (χ0v) is 11.6. The van der Waals surface area contributed by atoms with Gasteiger partial charge in [-0.1, -0.05) is 12.1 Å². The van der Waals surface area contributed by atoms with E-state index >= 15 is 0 Å². The van der Waals surface area contributed by atoms with Crippen LogP contribution in [0.2, 0.25) is 0 Å². The van der Waals surface area contributed by atoms with E-state index in [1.807, 2.05) is 0 Å². The maximum atomic E-state index is 11.8. The van der Waals surface area contributed by atoms with E-state index in [-0.39, 0.29) is 22.6 Å². The molecular formula is C13H14N2O4S. The molecule has 0 bridgehead atoms. The molecule has 2 aromatic rings. The van der Waals surface area contributed by atoms with Gasteiger partial charge >= 0.3 is 0 Å². The predicted octanol–water partition coefficient (Wildman–Crippen LogP) is 1.42. The maximum Gasteiger partial charge on any atom is 0.287 e. The quantitative estimate of drug-likeness (QED) is 0.890. The molecule has 106 valence electrons. The molecule has 0 aliphatic heterocycles. The number of furan rings is 1. The van der Waals surface area contributed by atoms with Crippen molar-refractivity contribution in [1.82, 2.24) is 5.32 Å². The molecule has 0 saturated heterocycles.